The summed E-state index contributed by atoms with van der Waals surface area (Å²) < 4.78 is 0. The normalized spacial score (nSPS) is 10.2. The third-order valence-electron chi connectivity index (χ3n) is 2.62. The zero-order chi connectivity index (χ0) is 14.5. The van der Waals surface area contributed by atoms with Crippen LogP contribution in [0.2, 0.25) is 5.02 Å². The highest BCUT2D eigenvalue weighted by Crippen LogP contribution is 2.17. The average Bonchev–Trinajstić information content (AvgIpc) is 2.42. The van der Waals surface area contributed by atoms with Crippen molar-refractivity contribution in [1.29, 1.82) is 0 Å². The van der Waals surface area contributed by atoms with Crippen molar-refractivity contribution in [2.75, 3.05) is 17.2 Å². The predicted molar refractivity (Wildman–Crippen MR) is 80.3 cm³/mol. The van der Waals surface area contributed by atoms with Crippen molar-refractivity contribution in [3.05, 3.63) is 46.9 Å². The highest BCUT2D eigenvalue weighted by atomic mass is 35.5. The van der Waals surface area contributed by atoms with Crippen molar-refractivity contribution in [3.63, 3.8) is 0 Å². The number of rotatable bonds is 4. The predicted octanol–water partition coefficient (Wildman–Crippen LogP) is 3.12. The van der Waals surface area contributed by atoms with Gasteiger partial charge < -0.3 is 10.6 Å². The first-order valence-electron chi connectivity index (χ1n) is 6.23. The number of hydrogen-bond donors (Lipinski definition) is 2. The van der Waals surface area contributed by atoms with Crippen molar-refractivity contribution in [2.24, 2.45) is 0 Å². The lowest BCUT2D eigenvalue weighted by Gasteiger charge is -2.11. The fraction of sp³-hybridized carbons (Fsp3) is 0.214. The SMILES string of the molecule is CCNc1cc(C)ncc1C(=O)Nc1ccc(Cl)cn1. The van der Waals surface area contributed by atoms with Gasteiger partial charge in [-0.15, -0.1) is 0 Å². The largest absolute Gasteiger partial charge is 0.385 e. The minimum absolute atomic E-state index is 0.261. The summed E-state index contributed by atoms with van der Waals surface area (Å²) in [5, 5.41) is 6.39. The van der Waals surface area contributed by atoms with E-state index in [2.05, 4.69) is 20.6 Å². The Morgan fingerprint density at radius 1 is 1.30 bits per heavy atom. The molecule has 2 aromatic rings. The number of halogens is 1. The summed E-state index contributed by atoms with van der Waals surface area (Å²) in [5.41, 5.74) is 2.09. The van der Waals surface area contributed by atoms with Gasteiger partial charge in [0.15, 0.2) is 0 Å². The van der Waals surface area contributed by atoms with Gasteiger partial charge in [0.05, 0.1) is 16.3 Å². The Kier molecular flexibility index (Phi) is 4.53. The van der Waals surface area contributed by atoms with E-state index in [9.17, 15) is 4.79 Å². The Labute approximate surface area is 122 Å². The van der Waals surface area contributed by atoms with Crippen LogP contribution < -0.4 is 10.6 Å². The molecule has 2 N–H and O–H groups in total. The Morgan fingerprint density at radius 2 is 2.10 bits per heavy atom. The van der Waals surface area contributed by atoms with E-state index in [4.69, 9.17) is 11.6 Å². The minimum atomic E-state index is -0.261. The van der Waals surface area contributed by atoms with Gasteiger partial charge in [0.2, 0.25) is 0 Å². The number of aryl methyl sites for hydroxylation is 1. The Bertz CT molecular complexity index is 613. The average molecular weight is 291 g/mol. The van der Waals surface area contributed by atoms with Gasteiger partial charge in [-0.3, -0.25) is 9.78 Å². The number of aromatic nitrogens is 2. The molecule has 0 spiro atoms. The van der Waals surface area contributed by atoms with Crippen LogP contribution in [0.25, 0.3) is 0 Å². The van der Waals surface area contributed by atoms with Gasteiger partial charge in [0.1, 0.15) is 5.82 Å². The van der Waals surface area contributed by atoms with Crippen molar-refractivity contribution in [2.45, 2.75) is 13.8 Å². The summed E-state index contributed by atoms with van der Waals surface area (Å²) in [5.74, 6) is 0.186. The Hall–Kier alpha value is -2.14. The van der Waals surface area contributed by atoms with Crippen LogP contribution in [-0.2, 0) is 0 Å². The Balaban J connectivity index is 2.22. The van der Waals surface area contributed by atoms with Gasteiger partial charge >= 0.3 is 0 Å². The van der Waals surface area contributed by atoms with Crippen molar-refractivity contribution >= 4 is 29.0 Å². The van der Waals surface area contributed by atoms with Gasteiger partial charge in [-0.05, 0) is 32.0 Å². The number of pyridine rings is 2. The molecule has 0 saturated heterocycles. The summed E-state index contributed by atoms with van der Waals surface area (Å²) in [4.78, 5) is 20.4. The monoisotopic (exact) mass is 290 g/mol. The van der Waals surface area contributed by atoms with E-state index in [1.54, 1.807) is 18.3 Å². The molecular weight excluding hydrogens is 276 g/mol. The second kappa shape index (κ2) is 6.34. The molecule has 0 aliphatic rings. The summed E-state index contributed by atoms with van der Waals surface area (Å²) in [6, 6.07) is 5.16. The van der Waals surface area contributed by atoms with Gasteiger partial charge in [0.25, 0.3) is 5.91 Å². The molecule has 0 aromatic carbocycles. The van der Waals surface area contributed by atoms with Crippen LogP contribution in [0.3, 0.4) is 0 Å². The van der Waals surface area contributed by atoms with Crippen molar-refractivity contribution < 1.29 is 4.79 Å². The zero-order valence-electron chi connectivity index (χ0n) is 11.3. The second-order valence-electron chi connectivity index (χ2n) is 4.22. The van der Waals surface area contributed by atoms with Crippen LogP contribution in [-0.4, -0.2) is 22.4 Å². The van der Waals surface area contributed by atoms with Crippen LogP contribution in [0.15, 0.2) is 30.6 Å². The molecule has 0 aliphatic heterocycles. The molecule has 0 aliphatic carbocycles. The highest BCUT2D eigenvalue weighted by Gasteiger charge is 2.12. The molecule has 2 aromatic heterocycles. The van der Waals surface area contributed by atoms with Gasteiger partial charge in [-0.2, -0.15) is 0 Å². The number of amides is 1. The molecule has 20 heavy (non-hydrogen) atoms. The fourth-order valence-corrected chi connectivity index (χ4v) is 1.82. The van der Waals surface area contributed by atoms with Crippen molar-refractivity contribution in [3.8, 4) is 0 Å². The first-order valence-corrected chi connectivity index (χ1v) is 6.61. The summed E-state index contributed by atoms with van der Waals surface area (Å²) in [6.45, 7) is 4.57. The molecule has 1 amide bonds. The molecule has 0 bridgehead atoms. The van der Waals surface area contributed by atoms with E-state index in [0.29, 0.717) is 16.4 Å². The number of carbonyl (C=O) groups is 1. The van der Waals surface area contributed by atoms with Crippen LogP contribution in [0.1, 0.15) is 23.0 Å². The van der Waals surface area contributed by atoms with Crippen LogP contribution in [0.5, 0.6) is 0 Å². The summed E-state index contributed by atoms with van der Waals surface area (Å²) >= 11 is 5.75. The van der Waals surface area contributed by atoms with E-state index < -0.39 is 0 Å². The van der Waals surface area contributed by atoms with Gasteiger partial charge in [-0.25, -0.2) is 4.98 Å². The maximum Gasteiger partial charge on any atom is 0.260 e. The molecule has 0 fully saturated rings. The third-order valence-corrected chi connectivity index (χ3v) is 2.85. The molecule has 0 atom stereocenters. The molecule has 104 valence electrons. The number of nitrogens with one attached hydrogen (secondary N) is 2. The Morgan fingerprint density at radius 3 is 2.75 bits per heavy atom. The van der Waals surface area contributed by atoms with Gasteiger partial charge in [0, 0.05) is 24.6 Å². The zero-order valence-corrected chi connectivity index (χ0v) is 12.0. The number of nitrogens with zero attached hydrogens (tertiary/aromatic N) is 2. The van der Waals surface area contributed by atoms with Gasteiger partial charge in [-0.1, -0.05) is 11.6 Å². The number of carbonyl (C=O) groups excluding carboxylic acids is 1. The number of anilines is 2. The molecule has 6 heteroatoms. The first kappa shape index (κ1) is 14.3. The molecule has 0 unspecified atom stereocenters. The topological polar surface area (TPSA) is 66.9 Å². The van der Waals surface area contributed by atoms with E-state index in [0.717, 1.165) is 17.9 Å². The van der Waals surface area contributed by atoms with E-state index >= 15 is 0 Å². The van der Waals surface area contributed by atoms with E-state index in [1.807, 2.05) is 19.9 Å². The van der Waals surface area contributed by atoms with Crippen molar-refractivity contribution in [1.82, 2.24) is 9.97 Å². The first-order chi connectivity index (χ1) is 9.60. The minimum Gasteiger partial charge on any atom is -0.385 e. The quantitative estimate of drug-likeness (QED) is 0.908. The maximum atomic E-state index is 12.2. The maximum absolute atomic E-state index is 12.2. The summed E-state index contributed by atoms with van der Waals surface area (Å²) in [6.07, 6.45) is 3.04. The standard InChI is InChI=1S/C14H15ClN4O/c1-3-16-12-6-9(2)17-8-11(12)14(20)19-13-5-4-10(15)7-18-13/h4-8H,3H2,1-2H3,(H,16,17)(H,18,19,20). The van der Waals surface area contributed by atoms with E-state index in [-0.39, 0.29) is 5.91 Å². The fourth-order valence-electron chi connectivity index (χ4n) is 1.71. The highest BCUT2D eigenvalue weighted by molar-refractivity contribution is 6.30. The second-order valence-corrected chi connectivity index (χ2v) is 4.65. The molecule has 5 nitrogen and oxygen atoms in total. The molecule has 0 radical (unpaired) electrons. The smallest absolute Gasteiger partial charge is 0.260 e. The van der Waals surface area contributed by atoms with E-state index in [1.165, 1.54) is 6.20 Å². The molecule has 0 saturated carbocycles. The number of hydrogen-bond acceptors (Lipinski definition) is 4. The molecule has 2 heterocycles. The van der Waals surface area contributed by atoms with Crippen LogP contribution in [0.4, 0.5) is 11.5 Å². The lowest BCUT2D eigenvalue weighted by Crippen LogP contribution is -2.16. The van der Waals surface area contributed by atoms with Crippen LogP contribution >= 0.6 is 11.6 Å². The molecule has 2 rings (SSSR count). The van der Waals surface area contributed by atoms with Crippen LogP contribution in [0, 0.1) is 6.92 Å². The summed E-state index contributed by atoms with van der Waals surface area (Å²) in [7, 11) is 0. The third kappa shape index (κ3) is 3.45. The lowest BCUT2D eigenvalue weighted by molar-refractivity contribution is 0.102. The lowest BCUT2D eigenvalue weighted by atomic mass is 10.2. The molecular formula is C14H15ClN4O.